The first-order valence-corrected chi connectivity index (χ1v) is 8.37. The number of carbonyl (C=O) groups is 2. The van der Waals surface area contributed by atoms with Crippen LogP contribution >= 0.6 is 15.9 Å². The Kier molecular flexibility index (Phi) is 7.16. The van der Waals surface area contributed by atoms with E-state index in [-0.39, 0.29) is 18.9 Å². The van der Waals surface area contributed by atoms with Crippen molar-refractivity contribution in [2.75, 3.05) is 11.9 Å². The molecule has 0 bridgehead atoms. The van der Waals surface area contributed by atoms with Crippen molar-refractivity contribution in [1.29, 1.82) is 0 Å². The lowest BCUT2D eigenvalue weighted by Gasteiger charge is -2.07. The number of hydrogen-bond donors (Lipinski definition) is 2. The fourth-order valence-corrected chi connectivity index (χ4v) is 2.27. The van der Waals surface area contributed by atoms with Gasteiger partial charge in [0.15, 0.2) is 6.61 Å². The van der Waals surface area contributed by atoms with Gasteiger partial charge in [0.1, 0.15) is 5.75 Å². The van der Waals surface area contributed by atoms with E-state index in [1.54, 1.807) is 31.2 Å². The first kappa shape index (κ1) is 18.7. The number of anilines is 1. The quantitative estimate of drug-likeness (QED) is 0.549. The van der Waals surface area contributed by atoms with Gasteiger partial charge in [-0.25, -0.2) is 5.43 Å². The van der Waals surface area contributed by atoms with Gasteiger partial charge in [-0.2, -0.15) is 5.10 Å². The smallest absolute Gasteiger partial charge is 0.277 e. The van der Waals surface area contributed by atoms with Gasteiger partial charge in [-0.05, 0) is 37.3 Å². The van der Waals surface area contributed by atoms with E-state index in [2.05, 4.69) is 31.8 Å². The summed E-state index contributed by atoms with van der Waals surface area (Å²) < 4.78 is 6.21. The first-order chi connectivity index (χ1) is 12.0. The molecule has 2 aromatic carbocycles. The topological polar surface area (TPSA) is 79.8 Å². The van der Waals surface area contributed by atoms with E-state index in [0.29, 0.717) is 17.1 Å². The monoisotopic (exact) mass is 403 g/mol. The fourth-order valence-electron chi connectivity index (χ4n) is 1.89. The summed E-state index contributed by atoms with van der Waals surface area (Å²) in [5.74, 6) is -0.0256. The molecule has 0 saturated carbocycles. The van der Waals surface area contributed by atoms with Crippen molar-refractivity contribution in [2.24, 2.45) is 5.10 Å². The van der Waals surface area contributed by atoms with Crippen molar-refractivity contribution >= 4 is 39.1 Å². The SMILES string of the molecule is CC(CC(=O)Nc1ccccc1)=NNC(=O)COc1cccc(Br)c1. The number of nitrogens with one attached hydrogen (secondary N) is 2. The second kappa shape index (κ2) is 9.58. The molecule has 2 amide bonds. The Morgan fingerprint density at radius 1 is 1.08 bits per heavy atom. The fraction of sp³-hybridized carbons (Fsp3) is 0.167. The minimum Gasteiger partial charge on any atom is -0.484 e. The Morgan fingerprint density at radius 2 is 1.84 bits per heavy atom. The first-order valence-electron chi connectivity index (χ1n) is 7.58. The average Bonchev–Trinajstić information content (AvgIpc) is 2.59. The van der Waals surface area contributed by atoms with Crippen molar-refractivity contribution < 1.29 is 14.3 Å². The number of rotatable bonds is 7. The van der Waals surface area contributed by atoms with Crippen LogP contribution in [-0.2, 0) is 9.59 Å². The van der Waals surface area contributed by atoms with Crippen LogP contribution in [0.3, 0.4) is 0 Å². The Balaban J connectivity index is 1.74. The number of hydrogen-bond acceptors (Lipinski definition) is 4. The maximum absolute atomic E-state index is 11.9. The van der Waals surface area contributed by atoms with Gasteiger partial charge in [-0.3, -0.25) is 9.59 Å². The highest BCUT2D eigenvalue weighted by Gasteiger charge is 2.06. The number of carbonyl (C=O) groups excluding carboxylic acids is 2. The number of para-hydroxylation sites is 1. The third-order valence-corrected chi connectivity index (χ3v) is 3.50. The molecular weight excluding hydrogens is 386 g/mol. The molecule has 0 aliphatic heterocycles. The van der Waals surface area contributed by atoms with E-state index < -0.39 is 5.91 Å². The molecule has 25 heavy (non-hydrogen) atoms. The molecule has 0 radical (unpaired) electrons. The van der Waals surface area contributed by atoms with Crippen molar-refractivity contribution in [3.05, 3.63) is 59.1 Å². The highest BCUT2D eigenvalue weighted by atomic mass is 79.9. The van der Waals surface area contributed by atoms with E-state index in [4.69, 9.17) is 4.74 Å². The van der Waals surface area contributed by atoms with Crippen LogP contribution in [0.4, 0.5) is 5.69 Å². The summed E-state index contributed by atoms with van der Waals surface area (Å²) in [6.07, 6.45) is 0.0850. The Labute approximate surface area is 154 Å². The van der Waals surface area contributed by atoms with Crippen molar-refractivity contribution in [1.82, 2.24) is 5.43 Å². The lowest BCUT2D eigenvalue weighted by Crippen LogP contribution is -2.26. The standard InChI is InChI=1S/C18H18BrN3O3/c1-13(10-17(23)20-15-7-3-2-4-8-15)21-22-18(24)12-25-16-9-5-6-14(19)11-16/h2-9,11H,10,12H2,1H3,(H,20,23)(H,22,24). The molecule has 0 spiro atoms. The predicted molar refractivity (Wildman–Crippen MR) is 101 cm³/mol. The van der Waals surface area contributed by atoms with Gasteiger partial charge in [0.2, 0.25) is 5.91 Å². The van der Waals surface area contributed by atoms with Crippen LogP contribution in [0.5, 0.6) is 5.75 Å². The lowest BCUT2D eigenvalue weighted by atomic mass is 10.2. The van der Waals surface area contributed by atoms with Gasteiger partial charge >= 0.3 is 0 Å². The highest BCUT2D eigenvalue weighted by molar-refractivity contribution is 9.10. The molecule has 0 fully saturated rings. The number of nitrogens with zero attached hydrogens (tertiary/aromatic N) is 1. The highest BCUT2D eigenvalue weighted by Crippen LogP contribution is 2.17. The van der Waals surface area contributed by atoms with Crippen molar-refractivity contribution in [2.45, 2.75) is 13.3 Å². The number of hydrazone groups is 1. The molecule has 2 aromatic rings. The number of amides is 2. The second-order valence-electron chi connectivity index (χ2n) is 5.22. The zero-order valence-electron chi connectivity index (χ0n) is 13.7. The van der Waals surface area contributed by atoms with E-state index in [1.807, 2.05) is 30.3 Å². The van der Waals surface area contributed by atoms with Gasteiger partial charge in [-0.1, -0.05) is 40.2 Å². The maximum Gasteiger partial charge on any atom is 0.277 e. The minimum atomic E-state index is -0.400. The van der Waals surface area contributed by atoms with Crippen LogP contribution in [0.1, 0.15) is 13.3 Å². The Morgan fingerprint density at radius 3 is 2.56 bits per heavy atom. The number of benzene rings is 2. The largest absolute Gasteiger partial charge is 0.484 e. The van der Waals surface area contributed by atoms with Crippen LogP contribution in [-0.4, -0.2) is 24.1 Å². The minimum absolute atomic E-state index is 0.0850. The van der Waals surface area contributed by atoms with Gasteiger partial charge in [0.05, 0.1) is 6.42 Å². The molecule has 130 valence electrons. The van der Waals surface area contributed by atoms with Gasteiger partial charge in [0.25, 0.3) is 5.91 Å². The molecule has 0 aromatic heterocycles. The molecule has 2 rings (SSSR count). The second-order valence-corrected chi connectivity index (χ2v) is 6.13. The normalized spacial score (nSPS) is 10.9. The van der Waals surface area contributed by atoms with Crippen molar-refractivity contribution in [3.63, 3.8) is 0 Å². The Hall–Kier alpha value is -2.67. The predicted octanol–water partition coefficient (Wildman–Crippen LogP) is 3.35. The molecule has 2 N–H and O–H groups in total. The summed E-state index contributed by atoms with van der Waals surface area (Å²) >= 11 is 3.33. The molecule has 0 heterocycles. The molecule has 0 aliphatic rings. The molecule has 0 atom stereocenters. The molecule has 0 aliphatic carbocycles. The van der Waals surface area contributed by atoms with Crippen LogP contribution in [0.15, 0.2) is 64.2 Å². The molecule has 0 unspecified atom stereocenters. The van der Waals surface area contributed by atoms with Crippen LogP contribution in [0, 0.1) is 0 Å². The van der Waals surface area contributed by atoms with Crippen molar-refractivity contribution in [3.8, 4) is 5.75 Å². The summed E-state index contributed by atoms with van der Waals surface area (Å²) in [7, 11) is 0. The van der Waals surface area contributed by atoms with E-state index in [1.165, 1.54) is 0 Å². The van der Waals surface area contributed by atoms with E-state index >= 15 is 0 Å². The Bertz CT molecular complexity index is 763. The zero-order chi connectivity index (χ0) is 18.1. The molecule has 6 nitrogen and oxygen atoms in total. The summed E-state index contributed by atoms with van der Waals surface area (Å²) in [4.78, 5) is 23.6. The summed E-state index contributed by atoms with van der Waals surface area (Å²) in [5, 5.41) is 6.65. The average molecular weight is 404 g/mol. The van der Waals surface area contributed by atoms with Crippen LogP contribution < -0.4 is 15.5 Å². The van der Waals surface area contributed by atoms with E-state index in [9.17, 15) is 9.59 Å². The number of halogens is 1. The van der Waals surface area contributed by atoms with Crippen LogP contribution in [0.2, 0.25) is 0 Å². The van der Waals surface area contributed by atoms with Gasteiger partial charge < -0.3 is 10.1 Å². The molecule has 7 heteroatoms. The molecular formula is C18H18BrN3O3. The lowest BCUT2D eigenvalue weighted by molar-refractivity contribution is -0.123. The zero-order valence-corrected chi connectivity index (χ0v) is 15.2. The summed E-state index contributed by atoms with van der Waals surface area (Å²) in [6, 6.07) is 16.3. The van der Waals surface area contributed by atoms with E-state index in [0.717, 1.165) is 4.47 Å². The maximum atomic E-state index is 11.9. The summed E-state index contributed by atoms with van der Waals surface area (Å²) in [6.45, 7) is 1.50. The third-order valence-electron chi connectivity index (χ3n) is 3.01. The van der Waals surface area contributed by atoms with Gasteiger partial charge in [-0.15, -0.1) is 0 Å². The number of ether oxygens (including phenoxy) is 1. The molecule has 0 saturated heterocycles. The van der Waals surface area contributed by atoms with Gasteiger partial charge in [0, 0.05) is 15.9 Å². The van der Waals surface area contributed by atoms with Crippen LogP contribution in [0.25, 0.3) is 0 Å². The summed E-state index contributed by atoms with van der Waals surface area (Å²) in [5.41, 5.74) is 3.57. The third kappa shape index (κ3) is 7.17.